The average molecular weight is 388 g/mol. The predicted molar refractivity (Wildman–Crippen MR) is 122 cm³/mol. The van der Waals surface area contributed by atoms with Crippen molar-refractivity contribution in [2.45, 2.75) is 66.5 Å². The second-order valence-electron chi connectivity index (χ2n) is 9.48. The number of anilines is 1. The van der Waals surface area contributed by atoms with Crippen molar-refractivity contribution in [3.8, 4) is 0 Å². The summed E-state index contributed by atoms with van der Waals surface area (Å²) >= 11 is 0. The molecule has 0 aliphatic heterocycles. The van der Waals surface area contributed by atoms with E-state index in [-0.39, 0.29) is 17.5 Å². The van der Waals surface area contributed by atoms with Crippen molar-refractivity contribution in [3.63, 3.8) is 0 Å². The lowest BCUT2D eigenvalue weighted by atomic mass is 9.99. The summed E-state index contributed by atoms with van der Waals surface area (Å²) in [4.78, 5) is 17.3. The van der Waals surface area contributed by atoms with E-state index in [0.717, 1.165) is 19.5 Å². The normalized spacial score (nSPS) is 12.8. The van der Waals surface area contributed by atoms with Gasteiger partial charge in [0.05, 0.1) is 11.6 Å². The zero-order valence-electron chi connectivity index (χ0n) is 19.5. The number of likely N-dealkylation sites (N-methyl/N-ethyl adjacent to an activating group) is 1. The summed E-state index contributed by atoms with van der Waals surface area (Å²) in [6, 6.07) is 8.49. The molecule has 1 aromatic carbocycles. The van der Waals surface area contributed by atoms with E-state index < -0.39 is 0 Å². The van der Waals surface area contributed by atoms with Gasteiger partial charge in [0.2, 0.25) is 5.91 Å². The molecular weight excluding hydrogens is 346 g/mol. The number of benzene rings is 1. The maximum absolute atomic E-state index is 13.0. The van der Waals surface area contributed by atoms with Crippen LogP contribution in [0.3, 0.4) is 0 Å². The first-order chi connectivity index (χ1) is 12.9. The van der Waals surface area contributed by atoms with Crippen LogP contribution in [0.15, 0.2) is 35.9 Å². The van der Waals surface area contributed by atoms with Crippen molar-refractivity contribution < 1.29 is 4.79 Å². The molecule has 1 aromatic rings. The largest absolute Gasteiger partial charge is 0.365 e. The molecule has 0 bridgehead atoms. The quantitative estimate of drug-likeness (QED) is 0.594. The smallest absolute Gasteiger partial charge is 0.237 e. The van der Waals surface area contributed by atoms with E-state index in [2.05, 4.69) is 89.0 Å². The first-order valence-corrected chi connectivity index (χ1v) is 10.3. The number of nitrogens with one attached hydrogen (secondary N) is 1. The summed E-state index contributed by atoms with van der Waals surface area (Å²) in [5.41, 5.74) is 3.38. The van der Waals surface area contributed by atoms with Crippen molar-refractivity contribution >= 4 is 11.6 Å². The van der Waals surface area contributed by atoms with Gasteiger partial charge in [-0.05, 0) is 73.2 Å². The van der Waals surface area contributed by atoms with Gasteiger partial charge in [0.25, 0.3) is 0 Å². The minimum atomic E-state index is -0.345. The third-order valence-electron chi connectivity index (χ3n) is 4.79. The third kappa shape index (κ3) is 8.47. The molecule has 0 saturated heterocycles. The van der Waals surface area contributed by atoms with Crippen LogP contribution in [0.25, 0.3) is 0 Å². The fourth-order valence-electron chi connectivity index (χ4n) is 3.24. The summed E-state index contributed by atoms with van der Waals surface area (Å²) in [7, 11) is 3.96. The van der Waals surface area contributed by atoms with Gasteiger partial charge in [-0.25, -0.2) is 0 Å². The van der Waals surface area contributed by atoms with Gasteiger partial charge >= 0.3 is 0 Å². The number of nitrogens with zero attached hydrogens (tertiary/aromatic N) is 2. The number of hydrogen-bond donors (Lipinski definition) is 1. The zero-order valence-corrected chi connectivity index (χ0v) is 19.5. The Kier molecular flexibility index (Phi) is 9.22. The summed E-state index contributed by atoms with van der Waals surface area (Å²) in [5, 5.41) is 3.30. The fourth-order valence-corrected chi connectivity index (χ4v) is 3.24. The molecule has 1 atom stereocenters. The number of allylic oxidation sites excluding steroid dienone is 1. The van der Waals surface area contributed by atoms with Gasteiger partial charge in [0.15, 0.2) is 0 Å². The maximum atomic E-state index is 13.0. The summed E-state index contributed by atoms with van der Waals surface area (Å²) < 4.78 is 0. The Balaban J connectivity index is 2.96. The van der Waals surface area contributed by atoms with E-state index in [1.807, 2.05) is 19.0 Å². The molecule has 1 N–H and O–H groups in total. The molecule has 1 amide bonds. The van der Waals surface area contributed by atoms with Crippen LogP contribution in [-0.4, -0.2) is 49.6 Å². The van der Waals surface area contributed by atoms with Crippen molar-refractivity contribution in [1.82, 2.24) is 10.2 Å². The van der Waals surface area contributed by atoms with Crippen LogP contribution in [0, 0.1) is 12.8 Å². The first kappa shape index (κ1) is 24.2. The molecule has 0 unspecified atom stereocenters. The van der Waals surface area contributed by atoms with Crippen LogP contribution in [0.2, 0.25) is 0 Å². The van der Waals surface area contributed by atoms with Gasteiger partial charge in [-0.15, -0.1) is 0 Å². The van der Waals surface area contributed by atoms with Gasteiger partial charge in [-0.3, -0.25) is 9.69 Å². The minimum Gasteiger partial charge on any atom is -0.365 e. The Morgan fingerprint density at radius 1 is 1.14 bits per heavy atom. The highest BCUT2D eigenvalue weighted by Crippen LogP contribution is 2.19. The van der Waals surface area contributed by atoms with Crippen LogP contribution in [0.5, 0.6) is 0 Å². The number of amides is 1. The Bertz CT molecular complexity index is 640. The predicted octanol–water partition coefficient (Wildman–Crippen LogP) is 4.64. The van der Waals surface area contributed by atoms with Crippen LogP contribution < -0.4 is 10.2 Å². The lowest BCUT2D eigenvalue weighted by Gasteiger charge is -2.36. The van der Waals surface area contributed by atoms with Gasteiger partial charge in [-0.2, -0.15) is 0 Å². The highest BCUT2D eigenvalue weighted by atomic mass is 16.2. The molecule has 0 radical (unpaired) electrons. The van der Waals surface area contributed by atoms with Gasteiger partial charge < -0.3 is 10.2 Å². The lowest BCUT2D eigenvalue weighted by molar-refractivity contribution is -0.127. The Morgan fingerprint density at radius 2 is 1.71 bits per heavy atom. The molecule has 28 heavy (non-hydrogen) atoms. The monoisotopic (exact) mass is 387 g/mol. The standard InChI is InChI=1S/C24H41N3O/c1-18(2)14-15-27(21-12-10-20(5)11-13-21)17-24(6,7)25-23(28)22(26(8)9)16-19(3)4/h10-14,19,22H,15-17H2,1-9H3,(H,25,28)/t22-/m0/s1. The minimum absolute atomic E-state index is 0.106. The maximum Gasteiger partial charge on any atom is 0.237 e. The molecule has 0 spiro atoms. The summed E-state index contributed by atoms with van der Waals surface area (Å²) in [6.07, 6.45) is 3.09. The lowest BCUT2D eigenvalue weighted by Crippen LogP contribution is -2.56. The molecule has 158 valence electrons. The molecule has 0 aromatic heterocycles. The topological polar surface area (TPSA) is 35.6 Å². The molecule has 4 nitrogen and oxygen atoms in total. The Morgan fingerprint density at radius 3 is 2.18 bits per heavy atom. The second kappa shape index (κ2) is 10.7. The van der Waals surface area contributed by atoms with Crippen LogP contribution in [0.1, 0.15) is 53.5 Å². The van der Waals surface area contributed by atoms with E-state index in [1.54, 1.807) is 0 Å². The fraction of sp³-hybridized carbons (Fsp3) is 0.625. The number of aryl methyl sites for hydroxylation is 1. The van der Waals surface area contributed by atoms with Crippen LogP contribution >= 0.6 is 0 Å². The molecule has 0 aliphatic rings. The average Bonchev–Trinajstić information content (AvgIpc) is 2.56. The summed E-state index contributed by atoms with van der Waals surface area (Å²) in [5.74, 6) is 0.581. The van der Waals surface area contributed by atoms with E-state index >= 15 is 0 Å². The molecule has 0 aliphatic carbocycles. The highest BCUT2D eigenvalue weighted by molar-refractivity contribution is 5.82. The molecule has 4 heteroatoms. The number of rotatable bonds is 10. The Hall–Kier alpha value is -1.81. The van der Waals surface area contributed by atoms with Crippen molar-refractivity contribution in [1.29, 1.82) is 0 Å². The number of hydrogen-bond acceptors (Lipinski definition) is 3. The van der Waals surface area contributed by atoms with Crippen LogP contribution in [0.4, 0.5) is 5.69 Å². The van der Waals surface area contributed by atoms with E-state index in [0.29, 0.717) is 5.92 Å². The van der Waals surface area contributed by atoms with Gasteiger partial charge in [-0.1, -0.05) is 43.2 Å². The molecule has 1 rings (SSSR count). The molecule has 0 heterocycles. The van der Waals surface area contributed by atoms with Gasteiger partial charge in [0.1, 0.15) is 0 Å². The molecule has 0 fully saturated rings. The van der Waals surface area contributed by atoms with E-state index in [1.165, 1.54) is 16.8 Å². The SMILES string of the molecule is CC(C)=CCN(CC(C)(C)NC(=O)[C@H](CC(C)C)N(C)C)c1ccc(C)cc1. The van der Waals surface area contributed by atoms with Crippen molar-refractivity contribution in [3.05, 3.63) is 41.5 Å². The van der Waals surface area contributed by atoms with Crippen LogP contribution in [-0.2, 0) is 4.79 Å². The molecular formula is C24H41N3O. The molecule has 0 saturated carbocycles. The number of carbonyl (C=O) groups is 1. The first-order valence-electron chi connectivity index (χ1n) is 10.3. The van der Waals surface area contributed by atoms with Crippen molar-refractivity contribution in [2.75, 3.05) is 32.1 Å². The second-order valence-corrected chi connectivity index (χ2v) is 9.48. The van der Waals surface area contributed by atoms with Gasteiger partial charge in [0, 0.05) is 18.8 Å². The van der Waals surface area contributed by atoms with E-state index in [4.69, 9.17) is 0 Å². The third-order valence-corrected chi connectivity index (χ3v) is 4.79. The zero-order chi connectivity index (χ0) is 21.5. The summed E-state index contributed by atoms with van der Waals surface area (Å²) in [6.45, 7) is 16.4. The van der Waals surface area contributed by atoms with Crippen molar-refractivity contribution in [2.24, 2.45) is 5.92 Å². The number of carbonyl (C=O) groups excluding carboxylic acids is 1. The Labute approximate surface area is 173 Å². The van der Waals surface area contributed by atoms with E-state index in [9.17, 15) is 4.79 Å². The highest BCUT2D eigenvalue weighted by Gasteiger charge is 2.29.